The molecule has 1 fully saturated rings. The second kappa shape index (κ2) is 6.57. The average molecular weight is 347 g/mol. The highest BCUT2D eigenvalue weighted by Gasteiger charge is 2.21. The highest BCUT2D eigenvalue weighted by Crippen LogP contribution is 2.29. The zero-order valence-corrected chi connectivity index (χ0v) is 13.2. The maximum atomic E-state index is 10.9. The molecule has 1 aliphatic heterocycles. The van der Waals surface area contributed by atoms with Crippen molar-refractivity contribution >= 4 is 39.3 Å². The lowest BCUT2D eigenvalue weighted by molar-refractivity contribution is -0.119. The number of carbonyl (C=O) groups excluding carboxylic acids is 1. The SMILES string of the molecule is CC(=O)NCC1CCN(c2ncc(Br)cc2Cl)CC1. The summed E-state index contributed by atoms with van der Waals surface area (Å²) in [5.41, 5.74) is 0. The molecular formula is C13H17BrClN3O. The molecule has 0 aliphatic carbocycles. The second-order valence-electron chi connectivity index (χ2n) is 4.83. The van der Waals surface area contributed by atoms with E-state index in [0.717, 1.165) is 42.8 Å². The number of halogens is 2. The number of hydrogen-bond donors (Lipinski definition) is 1. The molecule has 19 heavy (non-hydrogen) atoms. The minimum atomic E-state index is 0.0417. The molecule has 0 radical (unpaired) electrons. The van der Waals surface area contributed by atoms with Crippen LogP contribution in [0.2, 0.25) is 5.02 Å². The van der Waals surface area contributed by atoms with E-state index < -0.39 is 0 Å². The Labute approximate surface area is 126 Å². The Morgan fingerprint density at radius 1 is 1.58 bits per heavy atom. The number of piperidine rings is 1. The summed E-state index contributed by atoms with van der Waals surface area (Å²) < 4.78 is 0.891. The first-order chi connectivity index (χ1) is 9.06. The van der Waals surface area contributed by atoms with Crippen LogP contribution >= 0.6 is 27.5 Å². The molecule has 1 amide bonds. The van der Waals surface area contributed by atoms with Crippen molar-refractivity contribution < 1.29 is 4.79 Å². The third kappa shape index (κ3) is 4.08. The molecule has 2 rings (SSSR count). The van der Waals surface area contributed by atoms with Gasteiger partial charge in [0.25, 0.3) is 0 Å². The summed E-state index contributed by atoms with van der Waals surface area (Å²) in [5.74, 6) is 1.44. The number of anilines is 1. The van der Waals surface area contributed by atoms with Crippen molar-refractivity contribution in [3.63, 3.8) is 0 Å². The van der Waals surface area contributed by atoms with Crippen LogP contribution in [0, 0.1) is 5.92 Å². The van der Waals surface area contributed by atoms with Gasteiger partial charge in [-0.05, 0) is 40.8 Å². The van der Waals surface area contributed by atoms with Gasteiger partial charge in [-0.25, -0.2) is 4.98 Å². The standard InChI is InChI=1S/C13H17BrClN3O/c1-9(19)16-7-10-2-4-18(5-3-10)13-12(15)6-11(14)8-17-13/h6,8,10H,2-5,7H2,1H3,(H,16,19). The first-order valence-electron chi connectivity index (χ1n) is 6.36. The van der Waals surface area contributed by atoms with Gasteiger partial charge in [0.2, 0.25) is 5.91 Å². The van der Waals surface area contributed by atoms with E-state index in [1.54, 1.807) is 13.1 Å². The molecule has 1 aromatic rings. The first-order valence-corrected chi connectivity index (χ1v) is 7.54. The minimum absolute atomic E-state index is 0.0417. The van der Waals surface area contributed by atoms with Crippen LogP contribution in [-0.4, -0.2) is 30.5 Å². The number of aromatic nitrogens is 1. The van der Waals surface area contributed by atoms with Crippen LogP contribution in [0.4, 0.5) is 5.82 Å². The third-order valence-electron chi connectivity index (χ3n) is 3.34. The van der Waals surface area contributed by atoms with Crippen molar-refractivity contribution in [2.75, 3.05) is 24.5 Å². The van der Waals surface area contributed by atoms with Gasteiger partial charge in [0.1, 0.15) is 5.82 Å². The van der Waals surface area contributed by atoms with E-state index in [2.05, 4.69) is 31.1 Å². The molecule has 0 spiro atoms. The van der Waals surface area contributed by atoms with Crippen molar-refractivity contribution in [2.24, 2.45) is 5.92 Å². The van der Waals surface area contributed by atoms with Crippen molar-refractivity contribution in [3.8, 4) is 0 Å². The van der Waals surface area contributed by atoms with Gasteiger partial charge in [0.15, 0.2) is 0 Å². The molecule has 4 nitrogen and oxygen atoms in total. The maximum absolute atomic E-state index is 10.9. The van der Waals surface area contributed by atoms with Crippen LogP contribution in [-0.2, 0) is 4.79 Å². The van der Waals surface area contributed by atoms with Crippen molar-refractivity contribution in [2.45, 2.75) is 19.8 Å². The largest absolute Gasteiger partial charge is 0.356 e. The predicted molar refractivity (Wildman–Crippen MR) is 80.6 cm³/mol. The zero-order chi connectivity index (χ0) is 13.8. The van der Waals surface area contributed by atoms with Crippen LogP contribution < -0.4 is 10.2 Å². The van der Waals surface area contributed by atoms with E-state index in [9.17, 15) is 4.79 Å². The third-order valence-corrected chi connectivity index (χ3v) is 4.05. The molecular weight excluding hydrogens is 330 g/mol. The number of carbonyl (C=O) groups is 1. The van der Waals surface area contributed by atoms with Crippen LogP contribution in [0.15, 0.2) is 16.7 Å². The summed E-state index contributed by atoms with van der Waals surface area (Å²) in [4.78, 5) is 17.5. The van der Waals surface area contributed by atoms with Gasteiger partial charge in [-0.3, -0.25) is 4.79 Å². The molecule has 0 bridgehead atoms. The van der Waals surface area contributed by atoms with E-state index >= 15 is 0 Å². The Bertz CT molecular complexity index is 461. The summed E-state index contributed by atoms with van der Waals surface area (Å²) in [7, 11) is 0. The number of nitrogens with one attached hydrogen (secondary N) is 1. The lowest BCUT2D eigenvalue weighted by Crippen LogP contribution is -2.38. The van der Waals surface area contributed by atoms with Gasteiger partial charge in [-0.1, -0.05) is 11.6 Å². The number of amides is 1. The Morgan fingerprint density at radius 3 is 2.84 bits per heavy atom. The van der Waals surface area contributed by atoms with Crippen molar-refractivity contribution in [1.29, 1.82) is 0 Å². The molecule has 1 saturated heterocycles. The lowest BCUT2D eigenvalue weighted by Gasteiger charge is -2.33. The highest BCUT2D eigenvalue weighted by atomic mass is 79.9. The van der Waals surface area contributed by atoms with E-state index in [1.807, 2.05) is 6.07 Å². The molecule has 1 N–H and O–H groups in total. The van der Waals surface area contributed by atoms with Crippen molar-refractivity contribution in [1.82, 2.24) is 10.3 Å². The smallest absolute Gasteiger partial charge is 0.216 e. The summed E-state index contributed by atoms with van der Waals surface area (Å²) in [5, 5.41) is 3.56. The quantitative estimate of drug-likeness (QED) is 0.915. The Kier molecular flexibility index (Phi) is 5.05. The fraction of sp³-hybridized carbons (Fsp3) is 0.538. The first kappa shape index (κ1) is 14.6. The molecule has 0 atom stereocenters. The fourth-order valence-corrected chi connectivity index (χ4v) is 3.03. The van der Waals surface area contributed by atoms with Gasteiger partial charge >= 0.3 is 0 Å². The van der Waals surface area contributed by atoms with Crippen LogP contribution in [0.25, 0.3) is 0 Å². The molecule has 0 saturated carbocycles. The van der Waals surface area contributed by atoms with Gasteiger partial charge in [-0.15, -0.1) is 0 Å². The minimum Gasteiger partial charge on any atom is -0.356 e. The summed E-state index contributed by atoms with van der Waals surface area (Å²) in [6.45, 7) is 4.18. The molecule has 0 unspecified atom stereocenters. The van der Waals surface area contributed by atoms with Gasteiger partial charge < -0.3 is 10.2 Å². The van der Waals surface area contributed by atoms with Gasteiger partial charge in [0, 0.05) is 37.2 Å². The highest BCUT2D eigenvalue weighted by molar-refractivity contribution is 9.10. The zero-order valence-electron chi connectivity index (χ0n) is 10.8. The molecule has 1 aliphatic rings. The van der Waals surface area contributed by atoms with E-state index in [4.69, 9.17) is 11.6 Å². The Hall–Kier alpha value is -0.810. The van der Waals surface area contributed by atoms with Crippen LogP contribution in [0.1, 0.15) is 19.8 Å². The number of rotatable bonds is 3. The predicted octanol–water partition coefficient (Wildman–Crippen LogP) is 2.85. The lowest BCUT2D eigenvalue weighted by atomic mass is 9.97. The molecule has 0 aromatic carbocycles. The topological polar surface area (TPSA) is 45.2 Å². The normalized spacial score (nSPS) is 16.5. The second-order valence-corrected chi connectivity index (χ2v) is 6.15. The van der Waals surface area contributed by atoms with E-state index in [-0.39, 0.29) is 5.91 Å². The van der Waals surface area contributed by atoms with E-state index in [0.29, 0.717) is 10.9 Å². The Morgan fingerprint density at radius 2 is 2.26 bits per heavy atom. The molecule has 2 heterocycles. The summed E-state index contributed by atoms with van der Waals surface area (Å²) in [6, 6.07) is 1.87. The molecule has 104 valence electrons. The summed E-state index contributed by atoms with van der Waals surface area (Å²) >= 11 is 9.57. The van der Waals surface area contributed by atoms with Gasteiger partial charge in [0.05, 0.1) is 5.02 Å². The van der Waals surface area contributed by atoms with Crippen molar-refractivity contribution in [3.05, 3.63) is 21.8 Å². The number of nitrogens with zero attached hydrogens (tertiary/aromatic N) is 2. The number of pyridine rings is 1. The molecule has 1 aromatic heterocycles. The maximum Gasteiger partial charge on any atom is 0.216 e. The fourth-order valence-electron chi connectivity index (χ4n) is 2.28. The average Bonchev–Trinajstić information content (AvgIpc) is 2.37. The van der Waals surface area contributed by atoms with Crippen LogP contribution in [0.3, 0.4) is 0 Å². The van der Waals surface area contributed by atoms with E-state index in [1.165, 1.54) is 0 Å². The molecule has 6 heteroatoms. The van der Waals surface area contributed by atoms with Gasteiger partial charge in [-0.2, -0.15) is 0 Å². The number of hydrogen-bond acceptors (Lipinski definition) is 3. The monoisotopic (exact) mass is 345 g/mol. The Balaban J connectivity index is 1.90. The van der Waals surface area contributed by atoms with Crippen LogP contribution in [0.5, 0.6) is 0 Å². The summed E-state index contributed by atoms with van der Waals surface area (Å²) in [6.07, 6.45) is 3.87.